The normalized spacial score (nSPS) is 20.0. The molecule has 1 fully saturated rings. The van der Waals surface area contributed by atoms with Gasteiger partial charge in [0.15, 0.2) is 0 Å². The minimum Gasteiger partial charge on any atom is -0.478 e. The lowest BCUT2D eigenvalue weighted by molar-refractivity contribution is -0.131. The van der Waals surface area contributed by atoms with E-state index in [2.05, 4.69) is 0 Å². The standard InChI is InChI=1S/C20H16O6/c21-17-10-16(12-3-7-14(8-4-12)20(25)26)18(22)9-15(17)11-1-5-13(6-2-11)19(23)24/h1-8,15-16H,9-10H2,(H,23,24)(H,25,26). The quantitative estimate of drug-likeness (QED) is 0.876. The Balaban J connectivity index is 1.78. The van der Waals surface area contributed by atoms with Gasteiger partial charge >= 0.3 is 11.9 Å². The van der Waals surface area contributed by atoms with Gasteiger partial charge in [-0.05, 0) is 35.4 Å². The van der Waals surface area contributed by atoms with Crippen LogP contribution >= 0.6 is 0 Å². The van der Waals surface area contributed by atoms with Crippen LogP contribution in [0.4, 0.5) is 0 Å². The number of hydrogen-bond acceptors (Lipinski definition) is 4. The second kappa shape index (κ2) is 6.92. The number of aromatic carboxylic acids is 2. The third-order valence-electron chi connectivity index (χ3n) is 4.71. The van der Waals surface area contributed by atoms with Crippen LogP contribution in [0.3, 0.4) is 0 Å². The summed E-state index contributed by atoms with van der Waals surface area (Å²) in [5.74, 6) is -3.40. The van der Waals surface area contributed by atoms with Crippen LogP contribution in [0, 0.1) is 0 Å². The maximum absolute atomic E-state index is 12.6. The maximum Gasteiger partial charge on any atom is 0.335 e. The highest BCUT2D eigenvalue weighted by molar-refractivity contribution is 6.02. The van der Waals surface area contributed by atoms with Crippen molar-refractivity contribution in [2.75, 3.05) is 0 Å². The van der Waals surface area contributed by atoms with Gasteiger partial charge in [-0.25, -0.2) is 9.59 Å². The molecule has 6 heteroatoms. The van der Waals surface area contributed by atoms with Crippen LogP contribution in [-0.2, 0) is 9.59 Å². The van der Waals surface area contributed by atoms with Crippen molar-refractivity contribution < 1.29 is 29.4 Å². The molecule has 1 aliphatic rings. The van der Waals surface area contributed by atoms with Gasteiger partial charge in [0.05, 0.1) is 11.1 Å². The third kappa shape index (κ3) is 3.39. The number of carbonyl (C=O) groups excluding carboxylic acids is 2. The minimum absolute atomic E-state index is 0.0522. The van der Waals surface area contributed by atoms with E-state index in [1.54, 1.807) is 24.3 Å². The van der Waals surface area contributed by atoms with Crippen molar-refractivity contribution in [3.8, 4) is 0 Å². The molecule has 0 amide bonds. The molecule has 6 nitrogen and oxygen atoms in total. The molecule has 132 valence electrons. The molecule has 0 bridgehead atoms. The highest BCUT2D eigenvalue weighted by Gasteiger charge is 2.36. The van der Waals surface area contributed by atoms with Crippen molar-refractivity contribution in [3.05, 3.63) is 70.8 Å². The van der Waals surface area contributed by atoms with E-state index in [0.29, 0.717) is 11.1 Å². The van der Waals surface area contributed by atoms with Gasteiger partial charge in [0, 0.05) is 24.7 Å². The highest BCUT2D eigenvalue weighted by atomic mass is 16.4. The number of carbonyl (C=O) groups is 4. The summed E-state index contributed by atoms with van der Waals surface area (Å²) in [6.45, 7) is 0. The molecule has 1 saturated carbocycles. The number of hydrogen-bond donors (Lipinski definition) is 2. The summed E-state index contributed by atoms with van der Waals surface area (Å²) >= 11 is 0. The molecule has 2 aromatic rings. The molecule has 2 N–H and O–H groups in total. The van der Waals surface area contributed by atoms with E-state index in [-0.39, 0.29) is 35.5 Å². The molecule has 2 unspecified atom stereocenters. The number of ketones is 2. The fraction of sp³-hybridized carbons (Fsp3) is 0.200. The lowest BCUT2D eigenvalue weighted by atomic mass is 9.74. The summed E-state index contributed by atoms with van der Waals surface area (Å²) in [4.78, 5) is 46.9. The van der Waals surface area contributed by atoms with Crippen molar-refractivity contribution in [1.82, 2.24) is 0 Å². The summed E-state index contributed by atoms with van der Waals surface area (Å²) in [6.07, 6.45) is 0.104. The number of rotatable bonds is 4. The zero-order valence-corrected chi connectivity index (χ0v) is 13.7. The van der Waals surface area contributed by atoms with Gasteiger partial charge in [0.25, 0.3) is 0 Å². The van der Waals surface area contributed by atoms with Gasteiger partial charge < -0.3 is 10.2 Å². The van der Waals surface area contributed by atoms with Gasteiger partial charge in [-0.2, -0.15) is 0 Å². The zero-order chi connectivity index (χ0) is 18.8. The van der Waals surface area contributed by atoms with E-state index in [4.69, 9.17) is 10.2 Å². The van der Waals surface area contributed by atoms with Crippen LogP contribution in [0.2, 0.25) is 0 Å². The van der Waals surface area contributed by atoms with Gasteiger partial charge in [0.2, 0.25) is 0 Å². The fourth-order valence-corrected chi connectivity index (χ4v) is 3.24. The molecule has 2 aromatic carbocycles. The molecule has 3 rings (SSSR count). The minimum atomic E-state index is -1.05. The Morgan fingerprint density at radius 1 is 0.654 bits per heavy atom. The first kappa shape index (κ1) is 17.5. The average molecular weight is 352 g/mol. The van der Waals surface area contributed by atoms with Crippen LogP contribution in [0.25, 0.3) is 0 Å². The Hall–Kier alpha value is -3.28. The molecule has 0 aromatic heterocycles. The van der Waals surface area contributed by atoms with Crippen molar-refractivity contribution in [1.29, 1.82) is 0 Å². The van der Waals surface area contributed by atoms with E-state index >= 15 is 0 Å². The van der Waals surface area contributed by atoms with E-state index in [1.165, 1.54) is 24.3 Å². The van der Waals surface area contributed by atoms with E-state index in [0.717, 1.165) is 0 Å². The summed E-state index contributed by atoms with van der Waals surface area (Å²) in [5.41, 5.74) is 1.51. The average Bonchev–Trinajstić information content (AvgIpc) is 2.63. The Morgan fingerprint density at radius 3 is 1.23 bits per heavy atom. The van der Waals surface area contributed by atoms with Crippen LogP contribution in [0.15, 0.2) is 48.5 Å². The fourth-order valence-electron chi connectivity index (χ4n) is 3.24. The molecule has 0 saturated heterocycles. The van der Waals surface area contributed by atoms with Crippen LogP contribution < -0.4 is 0 Å². The summed E-state index contributed by atoms with van der Waals surface area (Å²) in [6, 6.07) is 12.0. The third-order valence-corrected chi connectivity index (χ3v) is 4.71. The smallest absolute Gasteiger partial charge is 0.335 e. The summed E-state index contributed by atoms with van der Waals surface area (Å²) in [7, 11) is 0. The van der Waals surface area contributed by atoms with Crippen LogP contribution in [0.5, 0.6) is 0 Å². The molecule has 1 aliphatic carbocycles. The summed E-state index contributed by atoms with van der Waals surface area (Å²) < 4.78 is 0. The first-order chi connectivity index (χ1) is 12.4. The molecular weight excluding hydrogens is 336 g/mol. The second-order valence-corrected chi connectivity index (χ2v) is 6.30. The van der Waals surface area contributed by atoms with Crippen molar-refractivity contribution >= 4 is 23.5 Å². The largest absolute Gasteiger partial charge is 0.478 e. The Kier molecular flexibility index (Phi) is 4.67. The van der Waals surface area contributed by atoms with E-state index < -0.39 is 23.8 Å². The van der Waals surface area contributed by atoms with E-state index in [9.17, 15) is 19.2 Å². The van der Waals surface area contributed by atoms with Crippen LogP contribution in [-0.4, -0.2) is 33.7 Å². The number of benzene rings is 2. The van der Waals surface area contributed by atoms with Crippen molar-refractivity contribution in [2.45, 2.75) is 24.7 Å². The van der Waals surface area contributed by atoms with Gasteiger partial charge in [-0.1, -0.05) is 24.3 Å². The van der Waals surface area contributed by atoms with Gasteiger partial charge in [0.1, 0.15) is 11.6 Å². The van der Waals surface area contributed by atoms with E-state index in [1.807, 2.05) is 0 Å². The number of Topliss-reactive ketones (excluding diaryl/α,β-unsaturated/α-hetero) is 2. The molecule has 2 atom stereocenters. The predicted molar refractivity (Wildman–Crippen MR) is 91.5 cm³/mol. The lowest BCUT2D eigenvalue weighted by Crippen LogP contribution is -2.30. The SMILES string of the molecule is O=C(O)c1ccc(C2CC(=O)C(c3ccc(C(=O)O)cc3)CC2=O)cc1. The van der Waals surface area contributed by atoms with Crippen LogP contribution in [0.1, 0.15) is 56.5 Å². The predicted octanol–water partition coefficient (Wildman–Crippen LogP) is 2.88. The van der Waals surface area contributed by atoms with Crippen molar-refractivity contribution in [2.24, 2.45) is 0 Å². The Labute approximate surface area is 149 Å². The first-order valence-electron chi connectivity index (χ1n) is 8.08. The lowest BCUT2D eigenvalue weighted by Gasteiger charge is -2.27. The molecule has 0 aliphatic heterocycles. The molecule has 26 heavy (non-hydrogen) atoms. The second-order valence-electron chi connectivity index (χ2n) is 6.30. The first-order valence-corrected chi connectivity index (χ1v) is 8.08. The van der Waals surface area contributed by atoms with Gasteiger partial charge in [-0.3, -0.25) is 9.59 Å². The van der Waals surface area contributed by atoms with Gasteiger partial charge in [-0.15, -0.1) is 0 Å². The maximum atomic E-state index is 12.6. The number of carboxylic acid groups (broad SMARTS) is 2. The molecule has 0 spiro atoms. The number of carboxylic acids is 2. The molecule has 0 radical (unpaired) electrons. The van der Waals surface area contributed by atoms with Crippen molar-refractivity contribution in [3.63, 3.8) is 0 Å². The molecular formula is C20H16O6. The summed E-state index contributed by atoms with van der Waals surface area (Å²) in [5, 5.41) is 17.9. The zero-order valence-electron chi connectivity index (χ0n) is 13.7. The highest BCUT2D eigenvalue weighted by Crippen LogP contribution is 2.36. The monoisotopic (exact) mass is 352 g/mol. The Bertz CT molecular complexity index is 804. The molecule has 0 heterocycles. The Morgan fingerprint density at radius 2 is 0.962 bits per heavy atom. The topological polar surface area (TPSA) is 109 Å².